The number of urea groups is 1. The average molecular weight is 380 g/mol. The molecule has 4 rings (SSSR count). The third-order valence-electron chi connectivity index (χ3n) is 4.82. The Labute approximate surface area is 163 Å². The van der Waals surface area contributed by atoms with Crippen LogP contribution in [0.1, 0.15) is 24.3 Å². The number of amides is 2. The van der Waals surface area contributed by atoms with E-state index in [1.807, 2.05) is 49.4 Å². The first-order chi connectivity index (χ1) is 13.7. The summed E-state index contributed by atoms with van der Waals surface area (Å²) in [6, 6.07) is 13.2. The molecule has 1 fully saturated rings. The fourth-order valence-electron chi connectivity index (χ4n) is 3.25. The Hall–Kier alpha value is -3.06. The highest BCUT2D eigenvalue weighted by molar-refractivity contribution is 5.78. The van der Waals surface area contributed by atoms with Crippen LogP contribution >= 0.6 is 0 Å². The van der Waals surface area contributed by atoms with E-state index in [9.17, 15) is 4.79 Å². The van der Waals surface area contributed by atoms with Crippen molar-refractivity contribution in [2.45, 2.75) is 19.5 Å². The van der Waals surface area contributed by atoms with Crippen LogP contribution < -0.4 is 15.5 Å². The summed E-state index contributed by atoms with van der Waals surface area (Å²) in [6.07, 6.45) is 1.77. The van der Waals surface area contributed by atoms with Gasteiger partial charge in [-0.3, -0.25) is 0 Å². The summed E-state index contributed by atoms with van der Waals surface area (Å²) in [4.78, 5) is 18.9. The summed E-state index contributed by atoms with van der Waals surface area (Å²) < 4.78 is 11.2. The van der Waals surface area contributed by atoms with E-state index in [1.54, 1.807) is 6.20 Å². The highest BCUT2D eigenvalue weighted by Gasteiger charge is 2.15. The van der Waals surface area contributed by atoms with E-state index < -0.39 is 0 Å². The van der Waals surface area contributed by atoms with Gasteiger partial charge >= 0.3 is 6.03 Å². The van der Waals surface area contributed by atoms with Gasteiger partial charge in [0, 0.05) is 31.2 Å². The van der Waals surface area contributed by atoms with E-state index in [1.165, 1.54) is 0 Å². The number of aromatic nitrogens is 1. The number of carbonyl (C=O) groups is 1. The van der Waals surface area contributed by atoms with Crippen LogP contribution in [0.5, 0.6) is 0 Å². The first-order valence-corrected chi connectivity index (χ1v) is 9.49. The zero-order valence-electron chi connectivity index (χ0n) is 15.9. The van der Waals surface area contributed by atoms with Crippen LogP contribution in [0.2, 0.25) is 0 Å². The zero-order valence-corrected chi connectivity index (χ0v) is 15.9. The number of pyridine rings is 1. The molecule has 1 aromatic carbocycles. The maximum Gasteiger partial charge on any atom is 0.315 e. The molecule has 0 unspecified atom stereocenters. The molecule has 7 heteroatoms. The number of benzene rings is 1. The number of ether oxygens (including phenoxy) is 1. The summed E-state index contributed by atoms with van der Waals surface area (Å²) in [5.74, 6) is 1.65. The minimum atomic E-state index is -0.238. The van der Waals surface area contributed by atoms with Crippen molar-refractivity contribution < 1.29 is 13.9 Å². The summed E-state index contributed by atoms with van der Waals surface area (Å²) in [5, 5.41) is 6.85. The van der Waals surface area contributed by atoms with Gasteiger partial charge in [0.25, 0.3) is 0 Å². The van der Waals surface area contributed by atoms with Crippen LogP contribution in [-0.4, -0.2) is 37.3 Å². The number of anilines is 1. The normalized spacial score (nSPS) is 15.4. The summed E-state index contributed by atoms with van der Waals surface area (Å²) in [7, 11) is 0. The Kier molecular flexibility index (Phi) is 5.43. The van der Waals surface area contributed by atoms with E-state index in [0.717, 1.165) is 41.2 Å². The number of carbonyl (C=O) groups excluding carboxylic acids is 1. The van der Waals surface area contributed by atoms with Gasteiger partial charge in [0.1, 0.15) is 17.2 Å². The molecule has 1 atom stereocenters. The Morgan fingerprint density at radius 1 is 1.21 bits per heavy atom. The van der Waals surface area contributed by atoms with Gasteiger partial charge in [0.15, 0.2) is 0 Å². The van der Waals surface area contributed by atoms with Crippen molar-refractivity contribution >= 4 is 22.8 Å². The monoisotopic (exact) mass is 380 g/mol. The molecule has 0 aliphatic carbocycles. The SMILES string of the molecule is C[C@H](NC(=O)NCc1ccnc(N2CCOCC2)c1)c1cc2ccccc2o1. The van der Waals surface area contributed by atoms with Gasteiger partial charge in [0.2, 0.25) is 0 Å². The fraction of sp³-hybridized carbons (Fsp3) is 0.333. The molecule has 28 heavy (non-hydrogen) atoms. The first kappa shape index (κ1) is 18.3. The lowest BCUT2D eigenvalue weighted by molar-refractivity contribution is 0.122. The molecular weight excluding hydrogens is 356 g/mol. The molecule has 3 heterocycles. The van der Waals surface area contributed by atoms with Crippen molar-refractivity contribution in [3.05, 3.63) is 60.0 Å². The van der Waals surface area contributed by atoms with Crippen molar-refractivity contribution in [2.75, 3.05) is 31.2 Å². The molecule has 1 aliphatic rings. The molecule has 2 amide bonds. The van der Waals surface area contributed by atoms with E-state index >= 15 is 0 Å². The molecule has 146 valence electrons. The number of fused-ring (bicyclic) bond motifs is 1. The number of rotatable bonds is 5. The van der Waals surface area contributed by atoms with Crippen molar-refractivity contribution in [3.63, 3.8) is 0 Å². The maximum absolute atomic E-state index is 12.3. The minimum Gasteiger partial charge on any atom is -0.459 e. The number of hydrogen-bond donors (Lipinski definition) is 2. The Morgan fingerprint density at radius 3 is 2.86 bits per heavy atom. The van der Waals surface area contributed by atoms with Crippen molar-refractivity contribution in [1.82, 2.24) is 15.6 Å². The molecular formula is C21H24N4O3. The lowest BCUT2D eigenvalue weighted by Gasteiger charge is -2.28. The second kappa shape index (κ2) is 8.31. The van der Waals surface area contributed by atoms with Gasteiger partial charge in [-0.25, -0.2) is 9.78 Å². The maximum atomic E-state index is 12.3. The predicted molar refractivity (Wildman–Crippen MR) is 107 cm³/mol. The quantitative estimate of drug-likeness (QED) is 0.710. The minimum absolute atomic E-state index is 0.228. The second-order valence-electron chi connectivity index (χ2n) is 6.86. The van der Waals surface area contributed by atoms with E-state index in [2.05, 4.69) is 20.5 Å². The number of furan rings is 1. The molecule has 3 aromatic rings. The van der Waals surface area contributed by atoms with Crippen molar-refractivity contribution in [1.29, 1.82) is 0 Å². The largest absolute Gasteiger partial charge is 0.459 e. The summed E-state index contributed by atoms with van der Waals surface area (Å²) >= 11 is 0. The van der Waals surface area contributed by atoms with Gasteiger partial charge in [-0.2, -0.15) is 0 Å². The van der Waals surface area contributed by atoms with Crippen LogP contribution in [0, 0.1) is 0 Å². The van der Waals surface area contributed by atoms with Gasteiger partial charge in [0.05, 0.1) is 19.3 Å². The molecule has 0 bridgehead atoms. The molecule has 7 nitrogen and oxygen atoms in total. The molecule has 2 N–H and O–H groups in total. The Balaban J connectivity index is 1.32. The number of para-hydroxylation sites is 1. The second-order valence-corrected chi connectivity index (χ2v) is 6.86. The molecule has 0 radical (unpaired) electrons. The molecule has 0 spiro atoms. The lowest BCUT2D eigenvalue weighted by atomic mass is 10.2. The van der Waals surface area contributed by atoms with Gasteiger partial charge < -0.3 is 24.7 Å². The topological polar surface area (TPSA) is 79.6 Å². The number of hydrogen-bond acceptors (Lipinski definition) is 5. The van der Waals surface area contributed by atoms with E-state index in [-0.39, 0.29) is 12.1 Å². The summed E-state index contributed by atoms with van der Waals surface area (Å²) in [6.45, 7) is 5.43. The average Bonchev–Trinajstić information content (AvgIpc) is 3.18. The van der Waals surface area contributed by atoms with Crippen LogP contribution in [-0.2, 0) is 11.3 Å². The van der Waals surface area contributed by atoms with Gasteiger partial charge in [-0.1, -0.05) is 18.2 Å². The summed E-state index contributed by atoms with van der Waals surface area (Å²) in [5.41, 5.74) is 1.82. The standard InChI is InChI=1S/C21H24N4O3/c1-15(19-13-17-4-2-3-5-18(17)28-19)24-21(26)23-14-16-6-7-22-20(12-16)25-8-10-27-11-9-25/h2-7,12-13,15H,8-11,14H2,1H3,(H2,23,24,26)/t15-/m0/s1. The van der Waals surface area contributed by atoms with Crippen molar-refractivity contribution in [3.8, 4) is 0 Å². The third kappa shape index (κ3) is 4.26. The Bertz CT molecular complexity index is 916. The predicted octanol–water partition coefficient (Wildman–Crippen LogP) is 3.22. The van der Waals surface area contributed by atoms with Gasteiger partial charge in [-0.05, 0) is 36.8 Å². The third-order valence-corrected chi connectivity index (χ3v) is 4.82. The fourth-order valence-corrected chi connectivity index (χ4v) is 3.25. The molecule has 2 aromatic heterocycles. The van der Waals surface area contributed by atoms with E-state index in [4.69, 9.17) is 9.15 Å². The van der Waals surface area contributed by atoms with E-state index in [0.29, 0.717) is 19.8 Å². The first-order valence-electron chi connectivity index (χ1n) is 9.49. The van der Waals surface area contributed by atoms with Crippen molar-refractivity contribution in [2.24, 2.45) is 0 Å². The molecule has 1 saturated heterocycles. The highest BCUT2D eigenvalue weighted by Crippen LogP contribution is 2.23. The molecule has 0 saturated carbocycles. The number of nitrogens with one attached hydrogen (secondary N) is 2. The van der Waals surface area contributed by atoms with Crippen LogP contribution in [0.4, 0.5) is 10.6 Å². The number of morpholine rings is 1. The highest BCUT2D eigenvalue weighted by atomic mass is 16.5. The number of nitrogens with zero attached hydrogens (tertiary/aromatic N) is 2. The zero-order chi connectivity index (χ0) is 19.3. The van der Waals surface area contributed by atoms with Crippen LogP contribution in [0.3, 0.4) is 0 Å². The Morgan fingerprint density at radius 2 is 2.04 bits per heavy atom. The van der Waals surface area contributed by atoms with Crippen LogP contribution in [0.25, 0.3) is 11.0 Å². The molecule has 1 aliphatic heterocycles. The lowest BCUT2D eigenvalue weighted by Crippen LogP contribution is -2.37. The smallest absolute Gasteiger partial charge is 0.315 e. The van der Waals surface area contributed by atoms with Crippen LogP contribution in [0.15, 0.2) is 53.1 Å². The van der Waals surface area contributed by atoms with Gasteiger partial charge in [-0.15, -0.1) is 0 Å².